The Balaban J connectivity index is 1.33. The van der Waals surface area contributed by atoms with Gasteiger partial charge in [0.2, 0.25) is 0 Å². The van der Waals surface area contributed by atoms with E-state index < -0.39 is 0 Å². The van der Waals surface area contributed by atoms with E-state index in [4.69, 9.17) is 23.2 Å². The minimum absolute atomic E-state index is 0.0121. The zero-order chi connectivity index (χ0) is 59.5. The molecule has 2 nitrogen and oxygen atoms in total. The van der Waals surface area contributed by atoms with Gasteiger partial charge >= 0.3 is 0 Å². The maximum atomic E-state index is 8.30. The van der Waals surface area contributed by atoms with Gasteiger partial charge in [0.15, 0.2) is 0 Å². The minimum atomic E-state index is -0.0601. The third-order valence-corrected chi connectivity index (χ3v) is 16.8. The Morgan fingerprint density at radius 1 is 0.220 bits per heavy atom. The van der Waals surface area contributed by atoms with Crippen LogP contribution < -0.4 is 9.80 Å². The van der Waals surface area contributed by atoms with Crippen LogP contribution in [0.1, 0.15) is 158 Å². The monoisotopic (exact) mass is 1120 g/mol. The van der Waals surface area contributed by atoms with E-state index in [-0.39, 0.29) is 32.5 Å². The van der Waals surface area contributed by atoms with Gasteiger partial charge in [-0.2, -0.15) is 0 Å². The van der Waals surface area contributed by atoms with E-state index >= 15 is 0 Å². The second-order valence-corrected chi connectivity index (χ2v) is 29.7. The summed E-state index contributed by atoms with van der Waals surface area (Å²) in [6, 6.07) is 72.2. The Hall–Kier alpha value is -6.84. The van der Waals surface area contributed by atoms with Crippen LogP contribution in [0.5, 0.6) is 0 Å². The molecule has 0 spiro atoms. The van der Waals surface area contributed by atoms with Crippen LogP contribution in [0.25, 0.3) is 44.5 Å². The maximum absolute atomic E-state index is 8.30. The summed E-state index contributed by atoms with van der Waals surface area (Å²) < 4.78 is 0. The van der Waals surface area contributed by atoms with E-state index in [0.717, 1.165) is 78.6 Å². The van der Waals surface area contributed by atoms with E-state index in [0.29, 0.717) is 10.0 Å². The highest BCUT2D eigenvalue weighted by atomic mass is 35.5. The first-order valence-electron chi connectivity index (χ1n) is 29.3. The molecule has 9 rings (SSSR count). The summed E-state index contributed by atoms with van der Waals surface area (Å²) in [6.07, 6.45) is 0. The molecule has 0 aliphatic rings. The SMILES string of the molecule is CC(C)(C)c1ccc(-c2cc(-c3ccc(C(C)(C)C)cc3)cc(N(c3ccc(C(C)(C)C)cc3)c3cc(Cl)cc(N(c4ccc(C(C)(C)C)cc4)c4cc(-c5ccc(C(C)(C)C)cc5)cc(-c5ccc(C(C)(C)C)cc5)c4)c3Cl)c2)cc1. The summed E-state index contributed by atoms with van der Waals surface area (Å²) in [5.41, 5.74) is 21.8. The van der Waals surface area contributed by atoms with Crippen molar-refractivity contribution in [3.63, 3.8) is 0 Å². The molecule has 0 aliphatic heterocycles. The number of anilines is 6. The van der Waals surface area contributed by atoms with Crippen LogP contribution in [0.15, 0.2) is 194 Å². The van der Waals surface area contributed by atoms with Crippen molar-refractivity contribution in [3.05, 3.63) is 238 Å². The van der Waals surface area contributed by atoms with Crippen molar-refractivity contribution < 1.29 is 0 Å². The van der Waals surface area contributed by atoms with Crippen molar-refractivity contribution >= 4 is 57.3 Å². The summed E-state index contributed by atoms with van der Waals surface area (Å²) >= 11 is 15.9. The molecule has 82 heavy (non-hydrogen) atoms. The van der Waals surface area contributed by atoms with Gasteiger partial charge in [-0.05, 0) is 183 Å². The summed E-state index contributed by atoms with van der Waals surface area (Å²) in [7, 11) is 0. The molecule has 0 N–H and O–H groups in total. The fraction of sp³-hybridized carbons (Fsp3) is 0.308. The quantitative estimate of drug-likeness (QED) is 0.135. The lowest BCUT2D eigenvalue weighted by Crippen LogP contribution is -2.16. The number of benzene rings is 9. The van der Waals surface area contributed by atoms with Gasteiger partial charge in [0.1, 0.15) is 0 Å². The summed E-state index contributed by atoms with van der Waals surface area (Å²) in [5.74, 6) is 0. The molecule has 422 valence electrons. The third kappa shape index (κ3) is 13.3. The fourth-order valence-corrected chi connectivity index (χ4v) is 11.2. The molecule has 9 aromatic carbocycles. The molecule has 4 heteroatoms. The number of hydrogen-bond donors (Lipinski definition) is 0. The van der Waals surface area contributed by atoms with E-state index in [1.165, 1.54) is 33.4 Å². The van der Waals surface area contributed by atoms with Crippen molar-refractivity contribution in [1.82, 2.24) is 0 Å². The fourth-order valence-electron chi connectivity index (χ4n) is 10.8. The predicted molar refractivity (Wildman–Crippen MR) is 360 cm³/mol. The number of halogens is 2. The van der Waals surface area contributed by atoms with Crippen LogP contribution in [0.2, 0.25) is 10.0 Å². The number of hydrogen-bond acceptors (Lipinski definition) is 2. The van der Waals surface area contributed by atoms with Crippen LogP contribution in [0.3, 0.4) is 0 Å². The lowest BCUT2D eigenvalue weighted by Gasteiger charge is -2.33. The van der Waals surface area contributed by atoms with Crippen molar-refractivity contribution in [3.8, 4) is 44.5 Å². The van der Waals surface area contributed by atoms with Crippen molar-refractivity contribution in [1.29, 1.82) is 0 Å². The lowest BCUT2D eigenvalue weighted by molar-refractivity contribution is 0.590. The topological polar surface area (TPSA) is 6.48 Å². The Kier molecular flexibility index (Phi) is 16.3. The molecule has 0 aliphatic carbocycles. The smallest absolute Gasteiger partial charge is 0.0888 e. The molecule has 0 fully saturated rings. The molecule has 0 saturated heterocycles. The van der Waals surface area contributed by atoms with Crippen molar-refractivity contribution in [2.75, 3.05) is 9.80 Å². The highest BCUT2D eigenvalue weighted by molar-refractivity contribution is 6.38. The highest BCUT2D eigenvalue weighted by Gasteiger charge is 2.28. The molecule has 0 saturated carbocycles. The lowest BCUT2D eigenvalue weighted by atomic mass is 9.85. The van der Waals surface area contributed by atoms with Gasteiger partial charge in [0.25, 0.3) is 0 Å². The first-order chi connectivity index (χ1) is 38.2. The second kappa shape index (κ2) is 22.4. The Morgan fingerprint density at radius 3 is 0.610 bits per heavy atom. The van der Waals surface area contributed by atoms with Gasteiger partial charge in [-0.15, -0.1) is 0 Å². The van der Waals surface area contributed by atoms with Crippen LogP contribution in [-0.4, -0.2) is 0 Å². The van der Waals surface area contributed by atoms with Gasteiger partial charge in [-0.3, -0.25) is 0 Å². The van der Waals surface area contributed by atoms with E-state index in [1.54, 1.807) is 0 Å². The molecular formula is C78H86Cl2N2. The average molecular weight is 1120 g/mol. The van der Waals surface area contributed by atoms with Crippen LogP contribution in [-0.2, 0) is 32.5 Å². The first-order valence-corrected chi connectivity index (χ1v) is 30.0. The summed E-state index contributed by atoms with van der Waals surface area (Å²) in [4.78, 5) is 4.61. The zero-order valence-corrected chi connectivity index (χ0v) is 53.6. The number of nitrogens with zero attached hydrogens (tertiary/aromatic N) is 2. The molecule has 0 unspecified atom stereocenters. The zero-order valence-electron chi connectivity index (χ0n) is 52.1. The number of rotatable bonds is 10. The van der Waals surface area contributed by atoms with E-state index in [9.17, 15) is 0 Å². The minimum Gasteiger partial charge on any atom is -0.309 e. The van der Waals surface area contributed by atoms with Crippen LogP contribution >= 0.6 is 23.2 Å². The Bertz CT molecular complexity index is 3300. The normalized spacial score (nSPS) is 12.6. The highest BCUT2D eigenvalue weighted by Crippen LogP contribution is 2.51. The maximum Gasteiger partial charge on any atom is 0.0888 e. The predicted octanol–water partition coefficient (Wildman–Crippen LogP) is 24.4. The molecule has 0 atom stereocenters. The van der Waals surface area contributed by atoms with E-state index in [2.05, 4.69) is 316 Å². The second-order valence-electron chi connectivity index (χ2n) is 28.9. The molecule has 0 heterocycles. The van der Waals surface area contributed by atoms with Crippen LogP contribution in [0.4, 0.5) is 34.1 Å². The molecule has 0 aromatic heterocycles. The van der Waals surface area contributed by atoms with Gasteiger partial charge in [-0.25, -0.2) is 0 Å². The Labute approximate surface area is 503 Å². The van der Waals surface area contributed by atoms with Gasteiger partial charge in [0.05, 0.1) is 16.4 Å². The van der Waals surface area contributed by atoms with Gasteiger partial charge < -0.3 is 9.80 Å². The molecule has 0 amide bonds. The largest absolute Gasteiger partial charge is 0.309 e. The standard InChI is InChI=1S/C78H86Cl2N2/c1-73(2,3)59-27-19-51(20-28-59)55-43-56(52-21-29-60(30-22-52)74(4,5)6)46-68(45-55)81(66-39-35-63(36-40-66)77(13,14)15)70-49-65(79)50-71(72(70)80)82(67-41-37-64(38-42-67)78(16,17)18)69-47-57(53-23-31-61(32-24-53)75(7,8)9)44-58(48-69)54-25-33-62(34-26-54)76(10,11)12/h19-50H,1-18H3. The summed E-state index contributed by atoms with van der Waals surface area (Å²) in [5, 5.41) is 1.11. The Morgan fingerprint density at radius 2 is 0.415 bits per heavy atom. The molecule has 0 radical (unpaired) electrons. The molecule has 9 aromatic rings. The van der Waals surface area contributed by atoms with Gasteiger partial charge in [0, 0.05) is 27.8 Å². The summed E-state index contributed by atoms with van der Waals surface area (Å²) in [6.45, 7) is 40.8. The van der Waals surface area contributed by atoms with Gasteiger partial charge in [-0.1, -0.05) is 269 Å². The van der Waals surface area contributed by atoms with Crippen molar-refractivity contribution in [2.45, 2.75) is 157 Å². The third-order valence-electron chi connectivity index (χ3n) is 16.2. The first kappa shape index (κ1) is 59.8. The average Bonchev–Trinajstić information content (AvgIpc) is 3.50. The molecular weight excluding hydrogens is 1040 g/mol. The van der Waals surface area contributed by atoms with E-state index in [1.807, 2.05) is 12.1 Å². The van der Waals surface area contributed by atoms with Crippen molar-refractivity contribution in [2.24, 2.45) is 0 Å². The molecule has 0 bridgehead atoms. The van der Waals surface area contributed by atoms with Crippen LogP contribution in [0, 0.1) is 0 Å².